The number of aryl methyl sites for hydroxylation is 1. The normalized spacial score (nSPS) is 15.3. The quantitative estimate of drug-likeness (QED) is 0.290. The van der Waals surface area contributed by atoms with Crippen LogP contribution in [0.15, 0.2) is 72.2 Å². The van der Waals surface area contributed by atoms with Gasteiger partial charge in [-0.3, -0.25) is 10.1 Å². The molecule has 4 rings (SSSR count). The molecule has 1 amide bonds. The Kier molecular flexibility index (Phi) is 16.2. The van der Waals surface area contributed by atoms with E-state index < -0.39 is 0 Å². The molecule has 0 saturated carbocycles. The van der Waals surface area contributed by atoms with Gasteiger partial charge in [0.2, 0.25) is 0 Å². The van der Waals surface area contributed by atoms with E-state index in [9.17, 15) is 4.79 Å². The molecule has 1 aromatic heterocycles. The van der Waals surface area contributed by atoms with Crippen molar-refractivity contribution in [1.82, 2.24) is 26.3 Å². The monoisotopic (exact) mass is 508 g/mol. The number of carbonyl (C=O) groups excluding carboxylic acids is 1. The van der Waals surface area contributed by atoms with E-state index in [0.717, 1.165) is 37.1 Å². The Morgan fingerprint density at radius 3 is 2.51 bits per heavy atom. The molecular formula is C30H48N6O. The van der Waals surface area contributed by atoms with Crippen LogP contribution in [0, 0.1) is 0 Å². The lowest BCUT2D eigenvalue weighted by molar-refractivity contribution is -0.113. The maximum absolute atomic E-state index is 13.0. The number of aromatic nitrogens is 1. The van der Waals surface area contributed by atoms with Crippen LogP contribution in [-0.4, -0.2) is 43.7 Å². The highest BCUT2D eigenvalue weighted by molar-refractivity contribution is 6.06. The summed E-state index contributed by atoms with van der Waals surface area (Å²) in [5.74, 6) is -0.110. The topological polar surface area (TPSA) is 93.0 Å². The Morgan fingerprint density at radius 2 is 1.86 bits per heavy atom. The number of fused-ring (bicyclic) bond motifs is 1. The van der Waals surface area contributed by atoms with Crippen LogP contribution < -0.4 is 26.6 Å². The molecule has 0 saturated heterocycles. The predicted molar refractivity (Wildman–Crippen MR) is 161 cm³/mol. The average molecular weight is 509 g/mol. The number of rotatable bonds is 8. The number of allylic oxidation sites excluding steroid dienone is 2. The molecular weight excluding hydrogens is 460 g/mol. The van der Waals surface area contributed by atoms with Crippen LogP contribution in [0.4, 0.5) is 5.69 Å². The van der Waals surface area contributed by atoms with Crippen LogP contribution in [0.1, 0.15) is 53.5 Å². The summed E-state index contributed by atoms with van der Waals surface area (Å²) >= 11 is 0. The van der Waals surface area contributed by atoms with Gasteiger partial charge < -0.3 is 26.3 Å². The van der Waals surface area contributed by atoms with Crippen molar-refractivity contribution in [3.8, 4) is 0 Å². The lowest BCUT2D eigenvalue weighted by Gasteiger charge is -2.24. The molecule has 0 radical (unpaired) electrons. The second-order valence-electron chi connectivity index (χ2n) is 7.97. The zero-order valence-electron chi connectivity index (χ0n) is 23.8. The first kappa shape index (κ1) is 31.7. The second-order valence-corrected chi connectivity index (χ2v) is 7.97. The maximum Gasteiger partial charge on any atom is 0.255 e. The van der Waals surface area contributed by atoms with E-state index in [-0.39, 0.29) is 12.1 Å². The van der Waals surface area contributed by atoms with E-state index in [4.69, 9.17) is 0 Å². The smallest absolute Gasteiger partial charge is 0.255 e. The third-order valence-electron chi connectivity index (χ3n) is 5.51. The molecule has 0 fully saturated rings. The van der Waals surface area contributed by atoms with E-state index in [1.54, 1.807) is 0 Å². The number of dihydropyridines is 2. The molecule has 0 aliphatic carbocycles. The Balaban J connectivity index is 0.000000767. The molecule has 204 valence electrons. The van der Waals surface area contributed by atoms with Gasteiger partial charge in [-0.2, -0.15) is 0 Å². The van der Waals surface area contributed by atoms with Crippen molar-refractivity contribution in [2.75, 3.05) is 32.0 Å². The van der Waals surface area contributed by atoms with Crippen molar-refractivity contribution in [2.45, 2.75) is 60.5 Å². The summed E-state index contributed by atoms with van der Waals surface area (Å²) in [4.78, 5) is 16.3. The number of benzene rings is 1. The zero-order chi connectivity index (χ0) is 27.5. The molecule has 2 aliphatic rings. The van der Waals surface area contributed by atoms with Gasteiger partial charge in [0.25, 0.3) is 5.91 Å². The summed E-state index contributed by atoms with van der Waals surface area (Å²) in [6.45, 7) is 14.8. The van der Waals surface area contributed by atoms with Gasteiger partial charge in [-0.05, 0) is 80.0 Å². The van der Waals surface area contributed by atoms with Crippen LogP contribution in [0.2, 0.25) is 0 Å². The molecule has 0 bridgehead atoms. The van der Waals surface area contributed by atoms with Crippen LogP contribution in [0.5, 0.6) is 0 Å². The highest BCUT2D eigenvalue weighted by Gasteiger charge is 2.21. The fraction of sp³-hybridized carbons (Fsp3) is 0.433. The van der Waals surface area contributed by atoms with Crippen LogP contribution >= 0.6 is 0 Å². The van der Waals surface area contributed by atoms with Gasteiger partial charge in [0.15, 0.2) is 0 Å². The SMILES string of the molecule is CC.CC.CCCc1c[nH]c2ccc(NC(=O)C3=CC=CNC3NCC3=CCNC=C3)cc12.CCNC. The van der Waals surface area contributed by atoms with Gasteiger partial charge in [-0.15, -0.1) is 0 Å². The van der Waals surface area contributed by atoms with E-state index >= 15 is 0 Å². The van der Waals surface area contributed by atoms with Crippen LogP contribution in [-0.2, 0) is 11.2 Å². The minimum Gasteiger partial charge on any atom is -0.387 e. The number of H-pyrrole nitrogens is 1. The lowest BCUT2D eigenvalue weighted by atomic mass is 10.1. The number of carbonyl (C=O) groups is 1. The van der Waals surface area contributed by atoms with Gasteiger partial charge in [0, 0.05) is 35.9 Å². The number of nitrogens with one attached hydrogen (secondary N) is 6. The van der Waals surface area contributed by atoms with Crippen molar-refractivity contribution in [2.24, 2.45) is 0 Å². The van der Waals surface area contributed by atoms with E-state index in [1.165, 1.54) is 16.5 Å². The average Bonchev–Trinajstić information content (AvgIpc) is 3.37. The minimum atomic E-state index is -0.240. The minimum absolute atomic E-state index is 0.110. The number of hydrogen-bond donors (Lipinski definition) is 6. The molecule has 6 N–H and O–H groups in total. The molecule has 7 heteroatoms. The van der Waals surface area contributed by atoms with Crippen molar-refractivity contribution in [3.63, 3.8) is 0 Å². The van der Waals surface area contributed by atoms with Crippen LogP contribution in [0.3, 0.4) is 0 Å². The summed E-state index contributed by atoms with van der Waals surface area (Å²) in [7, 11) is 1.93. The van der Waals surface area contributed by atoms with Gasteiger partial charge >= 0.3 is 0 Å². The molecule has 1 unspecified atom stereocenters. The van der Waals surface area contributed by atoms with E-state index in [1.807, 2.05) is 77.5 Å². The predicted octanol–water partition coefficient (Wildman–Crippen LogP) is 5.34. The summed E-state index contributed by atoms with van der Waals surface area (Å²) in [5.41, 5.74) is 5.03. The number of anilines is 1. The van der Waals surface area contributed by atoms with Crippen LogP contribution in [0.25, 0.3) is 10.9 Å². The van der Waals surface area contributed by atoms with E-state index in [0.29, 0.717) is 12.1 Å². The molecule has 0 spiro atoms. The van der Waals surface area contributed by atoms with Crippen molar-refractivity contribution >= 4 is 22.5 Å². The lowest BCUT2D eigenvalue weighted by Crippen LogP contribution is -2.46. The summed E-state index contributed by atoms with van der Waals surface area (Å²) in [6.07, 6.45) is 15.6. The maximum atomic E-state index is 13.0. The molecule has 1 aromatic carbocycles. The Morgan fingerprint density at radius 1 is 1.11 bits per heavy atom. The highest BCUT2D eigenvalue weighted by Crippen LogP contribution is 2.24. The van der Waals surface area contributed by atoms with Crippen molar-refractivity contribution in [3.05, 3.63) is 77.8 Å². The highest BCUT2D eigenvalue weighted by atomic mass is 16.1. The number of amides is 1. The first-order chi connectivity index (χ1) is 18.2. The molecule has 7 nitrogen and oxygen atoms in total. The Bertz CT molecular complexity index is 1050. The first-order valence-corrected chi connectivity index (χ1v) is 13.7. The standard InChI is InChI=1S/C23H27N5O.C3H9N.2C2H6/c1-2-4-17-15-26-21-7-6-18(13-20(17)21)28-23(29)19-5-3-10-25-22(19)27-14-16-8-11-24-12-9-16;1-3-4-2;2*1-2/h3,5-11,13,15,22,24-27H,2,4,12,14H2,1H3,(H,28,29);4H,3H2,1-2H3;2*1-2H3. The van der Waals surface area contributed by atoms with Gasteiger partial charge in [-0.1, -0.05) is 54.0 Å². The van der Waals surface area contributed by atoms with Gasteiger partial charge in [-0.25, -0.2) is 0 Å². The molecule has 2 aliphatic heterocycles. The Hall–Kier alpha value is -3.29. The molecule has 1 atom stereocenters. The number of hydrogen-bond acceptors (Lipinski definition) is 5. The molecule has 37 heavy (non-hydrogen) atoms. The van der Waals surface area contributed by atoms with Gasteiger partial charge in [0.05, 0.1) is 5.57 Å². The first-order valence-electron chi connectivity index (χ1n) is 13.7. The summed E-state index contributed by atoms with van der Waals surface area (Å²) in [6, 6.07) is 6.00. The van der Waals surface area contributed by atoms with Crippen molar-refractivity contribution in [1.29, 1.82) is 0 Å². The summed E-state index contributed by atoms with van der Waals surface area (Å²) in [5, 5.41) is 16.9. The molecule has 3 heterocycles. The third kappa shape index (κ3) is 10.3. The third-order valence-corrected chi connectivity index (χ3v) is 5.51. The fourth-order valence-electron chi connectivity index (χ4n) is 3.64. The number of aromatic amines is 1. The second kappa shape index (κ2) is 18.9. The van der Waals surface area contributed by atoms with E-state index in [2.05, 4.69) is 63.8 Å². The fourth-order valence-corrected chi connectivity index (χ4v) is 3.64. The van der Waals surface area contributed by atoms with Crippen molar-refractivity contribution < 1.29 is 4.79 Å². The Labute approximate surface area is 224 Å². The molecule has 2 aromatic rings. The van der Waals surface area contributed by atoms with Gasteiger partial charge in [0.1, 0.15) is 6.17 Å². The largest absolute Gasteiger partial charge is 0.387 e. The zero-order valence-corrected chi connectivity index (χ0v) is 23.8. The summed E-state index contributed by atoms with van der Waals surface area (Å²) < 4.78 is 0.